The second-order valence-electron chi connectivity index (χ2n) is 7.39. The van der Waals surface area contributed by atoms with E-state index in [1.54, 1.807) is 31.6 Å². The molecule has 4 aromatic rings. The molecular formula is C24H21BrCl2N4O2. The minimum absolute atomic E-state index is 0.173. The third-order valence-electron chi connectivity index (χ3n) is 5.28. The summed E-state index contributed by atoms with van der Waals surface area (Å²) in [5.74, 6) is -0.290. The molecule has 0 saturated heterocycles. The van der Waals surface area contributed by atoms with Crippen molar-refractivity contribution in [3.8, 4) is 11.1 Å². The summed E-state index contributed by atoms with van der Waals surface area (Å²) < 4.78 is 8.09. The van der Waals surface area contributed by atoms with Gasteiger partial charge in [-0.25, -0.2) is 4.52 Å². The largest absolute Gasteiger partial charge is 0.378 e. The molecule has 3 aromatic heterocycles. The molecule has 0 aliphatic heterocycles. The molecule has 0 bridgehead atoms. The summed E-state index contributed by atoms with van der Waals surface area (Å²) in [6.45, 7) is 2.45. The molecule has 0 saturated carbocycles. The van der Waals surface area contributed by atoms with Crippen LogP contribution in [0.5, 0.6) is 0 Å². The van der Waals surface area contributed by atoms with Gasteiger partial charge in [0, 0.05) is 47.3 Å². The van der Waals surface area contributed by atoms with Crippen molar-refractivity contribution in [2.24, 2.45) is 0 Å². The Labute approximate surface area is 210 Å². The molecule has 0 atom stereocenters. The maximum atomic E-state index is 13.6. The molecule has 9 heteroatoms. The Hall–Kier alpha value is -2.45. The number of amides is 1. The topological polar surface area (TPSA) is 68.5 Å². The van der Waals surface area contributed by atoms with Crippen LogP contribution in [-0.4, -0.2) is 27.6 Å². The highest BCUT2D eigenvalue weighted by molar-refractivity contribution is 9.10. The normalized spacial score (nSPS) is 11.2. The number of hydrogen-bond acceptors (Lipinski definition) is 4. The van der Waals surface area contributed by atoms with E-state index in [0.717, 1.165) is 38.8 Å². The maximum Gasteiger partial charge on any atom is 0.254 e. The van der Waals surface area contributed by atoms with Crippen molar-refractivity contribution in [3.63, 3.8) is 0 Å². The lowest BCUT2D eigenvalue weighted by atomic mass is 9.99. The number of aryl methyl sites for hydroxylation is 1. The fourth-order valence-corrected chi connectivity index (χ4v) is 4.51. The van der Waals surface area contributed by atoms with Crippen LogP contribution in [0.25, 0.3) is 16.6 Å². The molecule has 3 heterocycles. The van der Waals surface area contributed by atoms with Crippen molar-refractivity contribution < 1.29 is 9.53 Å². The van der Waals surface area contributed by atoms with E-state index in [1.807, 2.05) is 28.8 Å². The first-order chi connectivity index (χ1) is 15.9. The Morgan fingerprint density at radius 1 is 1.21 bits per heavy atom. The van der Waals surface area contributed by atoms with Crippen LogP contribution >= 0.6 is 39.1 Å². The summed E-state index contributed by atoms with van der Waals surface area (Å²) in [7, 11) is 1.58. The molecule has 0 radical (unpaired) electrons. The fourth-order valence-electron chi connectivity index (χ4n) is 3.76. The van der Waals surface area contributed by atoms with E-state index in [0.29, 0.717) is 21.3 Å². The Balaban J connectivity index is 1.87. The van der Waals surface area contributed by atoms with Gasteiger partial charge in [-0.2, -0.15) is 5.10 Å². The zero-order chi connectivity index (χ0) is 23.5. The number of methoxy groups -OCH3 is 1. The highest BCUT2D eigenvalue weighted by Gasteiger charge is 2.24. The van der Waals surface area contributed by atoms with Gasteiger partial charge in [-0.1, -0.05) is 42.3 Å². The Bertz CT molecular complexity index is 1340. The van der Waals surface area contributed by atoms with Crippen LogP contribution in [0.15, 0.2) is 53.3 Å². The molecule has 1 N–H and O–H groups in total. The average Bonchev–Trinajstić information content (AvgIpc) is 3.21. The number of carbonyl (C=O) groups is 1. The molecule has 0 aliphatic rings. The number of pyridine rings is 1. The van der Waals surface area contributed by atoms with Crippen LogP contribution in [0.2, 0.25) is 10.0 Å². The van der Waals surface area contributed by atoms with Crippen LogP contribution in [0.3, 0.4) is 0 Å². The molecule has 6 nitrogen and oxygen atoms in total. The Morgan fingerprint density at radius 3 is 2.76 bits per heavy atom. The van der Waals surface area contributed by atoms with Crippen LogP contribution in [0, 0.1) is 0 Å². The van der Waals surface area contributed by atoms with Crippen molar-refractivity contribution in [2.45, 2.75) is 26.5 Å². The number of rotatable bonds is 7. The van der Waals surface area contributed by atoms with Gasteiger partial charge in [-0.3, -0.25) is 9.78 Å². The lowest BCUT2D eigenvalue weighted by Crippen LogP contribution is -2.26. The third-order valence-corrected chi connectivity index (χ3v) is 6.58. The van der Waals surface area contributed by atoms with E-state index in [9.17, 15) is 4.79 Å². The Morgan fingerprint density at radius 2 is 2.03 bits per heavy atom. The minimum atomic E-state index is -0.290. The van der Waals surface area contributed by atoms with Gasteiger partial charge in [0.05, 0.1) is 27.7 Å². The number of nitrogens with one attached hydrogen (secondary N) is 1. The van der Waals surface area contributed by atoms with E-state index < -0.39 is 0 Å². The maximum absolute atomic E-state index is 13.6. The minimum Gasteiger partial charge on any atom is -0.378 e. The average molecular weight is 548 g/mol. The smallest absolute Gasteiger partial charge is 0.254 e. The molecule has 0 aliphatic carbocycles. The van der Waals surface area contributed by atoms with Crippen molar-refractivity contribution >= 4 is 50.6 Å². The summed E-state index contributed by atoms with van der Waals surface area (Å²) in [4.78, 5) is 17.9. The predicted octanol–water partition coefficient (Wildman–Crippen LogP) is 6.10. The fraction of sp³-hybridized carbons (Fsp3) is 0.208. The van der Waals surface area contributed by atoms with Gasteiger partial charge in [-0.05, 0) is 52.2 Å². The standard InChI is InChI=1S/C24H21BrCl2N4O2/c1-3-17-7-8-20-21(15-9-16(25)12-28-10-15)22(19(13-33-2)30-31(17)20)24(32)29-11-14-5-4-6-18(26)23(14)27/h4-10,12H,3,11,13H2,1-2H3,(H,29,32). The quantitative estimate of drug-likeness (QED) is 0.303. The van der Waals surface area contributed by atoms with E-state index >= 15 is 0 Å². The van der Waals surface area contributed by atoms with Crippen molar-refractivity contribution in [3.05, 3.63) is 85.8 Å². The number of carbonyl (C=O) groups excluding carboxylic acids is 1. The molecule has 170 valence electrons. The van der Waals surface area contributed by atoms with Gasteiger partial charge in [0.1, 0.15) is 5.69 Å². The van der Waals surface area contributed by atoms with Gasteiger partial charge in [0.25, 0.3) is 5.91 Å². The van der Waals surface area contributed by atoms with Crippen molar-refractivity contribution in [1.82, 2.24) is 19.9 Å². The number of benzene rings is 1. The molecule has 0 fully saturated rings. The number of fused-ring (bicyclic) bond motifs is 1. The monoisotopic (exact) mass is 546 g/mol. The summed E-state index contributed by atoms with van der Waals surface area (Å²) in [5.41, 5.74) is 5.06. The summed E-state index contributed by atoms with van der Waals surface area (Å²) in [6, 6.07) is 11.3. The number of nitrogens with zero attached hydrogens (tertiary/aromatic N) is 3. The van der Waals surface area contributed by atoms with E-state index in [-0.39, 0.29) is 19.1 Å². The lowest BCUT2D eigenvalue weighted by Gasteiger charge is -2.17. The summed E-state index contributed by atoms with van der Waals surface area (Å²) >= 11 is 15.9. The van der Waals surface area contributed by atoms with E-state index in [2.05, 4.69) is 33.2 Å². The lowest BCUT2D eigenvalue weighted by molar-refractivity contribution is 0.0945. The SMILES string of the molecule is CCc1ccc2c(-c3cncc(Br)c3)c(C(=O)NCc3cccc(Cl)c3Cl)c(COC)nn12. The first-order valence-corrected chi connectivity index (χ1v) is 11.8. The summed E-state index contributed by atoms with van der Waals surface area (Å²) in [5, 5.41) is 8.59. The first-order valence-electron chi connectivity index (χ1n) is 10.3. The van der Waals surface area contributed by atoms with Crippen LogP contribution in [0.1, 0.15) is 34.2 Å². The number of halogens is 3. The number of aromatic nitrogens is 3. The Kier molecular flexibility index (Phi) is 7.34. The van der Waals surface area contributed by atoms with Gasteiger partial charge in [0.2, 0.25) is 0 Å². The molecule has 0 spiro atoms. The second kappa shape index (κ2) is 10.2. The van der Waals surface area contributed by atoms with E-state index in [1.165, 1.54) is 0 Å². The molecule has 33 heavy (non-hydrogen) atoms. The van der Waals surface area contributed by atoms with Gasteiger partial charge in [0.15, 0.2) is 0 Å². The van der Waals surface area contributed by atoms with Crippen molar-refractivity contribution in [1.29, 1.82) is 0 Å². The first kappa shape index (κ1) is 23.7. The molecular weight excluding hydrogens is 527 g/mol. The van der Waals surface area contributed by atoms with Gasteiger partial charge in [-0.15, -0.1) is 0 Å². The molecule has 1 amide bonds. The zero-order valence-electron chi connectivity index (χ0n) is 18.0. The highest BCUT2D eigenvalue weighted by atomic mass is 79.9. The number of ether oxygens (including phenoxy) is 1. The molecule has 1 aromatic carbocycles. The van der Waals surface area contributed by atoms with Crippen LogP contribution < -0.4 is 5.32 Å². The van der Waals surface area contributed by atoms with Gasteiger partial charge < -0.3 is 10.1 Å². The van der Waals surface area contributed by atoms with Gasteiger partial charge >= 0.3 is 0 Å². The van der Waals surface area contributed by atoms with Crippen LogP contribution in [0.4, 0.5) is 0 Å². The third kappa shape index (κ3) is 4.77. The van der Waals surface area contributed by atoms with E-state index in [4.69, 9.17) is 33.0 Å². The highest BCUT2D eigenvalue weighted by Crippen LogP contribution is 2.33. The van der Waals surface area contributed by atoms with Crippen molar-refractivity contribution in [2.75, 3.05) is 7.11 Å². The zero-order valence-corrected chi connectivity index (χ0v) is 21.1. The molecule has 0 unspecified atom stereocenters. The summed E-state index contributed by atoms with van der Waals surface area (Å²) in [6.07, 6.45) is 4.23. The molecule has 4 rings (SSSR count). The van der Waals surface area contributed by atoms with Crippen LogP contribution in [-0.2, 0) is 24.3 Å². The predicted molar refractivity (Wildman–Crippen MR) is 134 cm³/mol. The second-order valence-corrected chi connectivity index (χ2v) is 9.09. The number of hydrogen-bond donors (Lipinski definition) is 1.